The third-order valence-corrected chi connectivity index (χ3v) is 10.4. The first-order chi connectivity index (χ1) is 25.7. The van der Waals surface area contributed by atoms with Gasteiger partial charge in [-0.25, -0.2) is 0 Å². The quantitative estimate of drug-likeness (QED) is 0.0417. The summed E-state index contributed by atoms with van der Waals surface area (Å²) in [7, 11) is 0. The van der Waals surface area contributed by atoms with Crippen LogP contribution in [0, 0.1) is 0 Å². The molecule has 0 bridgehead atoms. The fourth-order valence-electron chi connectivity index (χ4n) is 7.03. The van der Waals surface area contributed by atoms with E-state index < -0.39 is 86.6 Å². The summed E-state index contributed by atoms with van der Waals surface area (Å²) in [5.74, 6) is -1.21. The van der Waals surface area contributed by atoms with Crippen molar-refractivity contribution in [3.05, 3.63) is 0 Å². The van der Waals surface area contributed by atoms with Gasteiger partial charge in [0.15, 0.2) is 24.8 Å². The summed E-state index contributed by atoms with van der Waals surface area (Å²) in [6.07, 6.45) is 9.02. The Balaban J connectivity index is 1.94. The van der Waals surface area contributed by atoms with Crippen LogP contribution in [0.3, 0.4) is 0 Å². The third-order valence-electron chi connectivity index (χ3n) is 10.4. The van der Waals surface area contributed by atoms with E-state index in [0.717, 1.165) is 44.9 Å². The predicted octanol–water partition coefficient (Wildman–Crippen LogP) is 5.11. The molecule has 10 atom stereocenters. The minimum absolute atomic E-state index is 0.0720. The molecule has 2 saturated heterocycles. The number of unbranched alkanes of at least 4 members (excludes halogenated alkanes) is 20. The Kier molecular flexibility index (Phi) is 26.0. The van der Waals surface area contributed by atoms with E-state index in [-0.39, 0.29) is 12.8 Å². The minimum atomic E-state index is -1.79. The Labute approximate surface area is 318 Å². The number of hydrogen-bond donors (Lipinski definition) is 6. The van der Waals surface area contributed by atoms with Crippen LogP contribution < -0.4 is 0 Å². The molecule has 0 radical (unpaired) electrons. The lowest BCUT2D eigenvalue weighted by atomic mass is 9.97. The standard InChI is InChI=1S/C40H74O13/c1-3-5-7-9-11-13-15-17-19-21-23-25-31(43)51-37-30(28-42)50-40(53-39-35(47)34(46)33(45)29(27-41)49-39)36(48)38(37)52-32(44)26-24-22-20-18-16-14-12-10-8-6-4-2/h29-30,33-42,45-48H,3-28H2,1-2H3/t29-,30-,33-,34+,35-,36-,37-,38-,39-,40-/m1/s1. The maximum absolute atomic E-state index is 13.1. The molecule has 0 amide bonds. The van der Waals surface area contributed by atoms with Crippen molar-refractivity contribution < 1.29 is 63.9 Å². The average molecular weight is 763 g/mol. The van der Waals surface area contributed by atoms with Crippen LogP contribution in [-0.4, -0.2) is 117 Å². The zero-order valence-electron chi connectivity index (χ0n) is 32.7. The molecule has 0 saturated carbocycles. The molecule has 2 fully saturated rings. The number of aliphatic hydroxyl groups is 6. The van der Waals surface area contributed by atoms with Crippen molar-refractivity contribution >= 4 is 11.9 Å². The molecule has 2 aliphatic heterocycles. The molecule has 0 aliphatic carbocycles. The van der Waals surface area contributed by atoms with Gasteiger partial charge in [0.1, 0.15) is 36.6 Å². The number of carbonyl (C=O) groups excluding carboxylic acids is 2. The Morgan fingerprint density at radius 2 is 0.811 bits per heavy atom. The Bertz CT molecular complexity index is 936. The molecule has 0 spiro atoms. The highest BCUT2D eigenvalue weighted by atomic mass is 16.8. The van der Waals surface area contributed by atoms with Crippen LogP contribution in [0.4, 0.5) is 0 Å². The zero-order chi connectivity index (χ0) is 38.8. The summed E-state index contributed by atoms with van der Waals surface area (Å²) in [6.45, 7) is 3.03. The molecule has 2 heterocycles. The molecule has 312 valence electrons. The van der Waals surface area contributed by atoms with Crippen LogP contribution in [-0.2, 0) is 33.3 Å². The highest BCUT2D eigenvalue weighted by Crippen LogP contribution is 2.31. The van der Waals surface area contributed by atoms with Crippen molar-refractivity contribution in [3.8, 4) is 0 Å². The molecular formula is C40H74O13. The molecule has 2 rings (SSSR count). The monoisotopic (exact) mass is 763 g/mol. The first-order valence-electron chi connectivity index (χ1n) is 21.0. The van der Waals surface area contributed by atoms with E-state index in [2.05, 4.69) is 13.8 Å². The molecule has 0 aromatic heterocycles. The lowest BCUT2D eigenvalue weighted by molar-refractivity contribution is -0.376. The van der Waals surface area contributed by atoms with Crippen molar-refractivity contribution in [1.82, 2.24) is 0 Å². The van der Waals surface area contributed by atoms with Crippen LogP contribution in [0.2, 0.25) is 0 Å². The molecular weight excluding hydrogens is 688 g/mol. The van der Waals surface area contributed by atoms with Crippen molar-refractivity contribution in [2.24, 2.45) is 0 Å². The fraction of sp³-hybridized carbons (Fsp3) is 0.950. The van der Waals surface area contributed by atoms with Crippen molar-refractivity contribution in [2.75, 3.05) is 13.2 Å². The number of esters is 2. The van der Waals surface area contributed by atoms with Gasteiger partial charge in [0, 0.05) is 12.8 Å². The van der Waals surface area contributed by atoms with Gasteiger partial charge >= 0.3 is 11.9 Å². The number of carbonyl (C=O) groups is 2. The largest absolute Gasteiger partial charge is 0.455 e. The SMILES string of the molecule is CCCCCCCCCCCCCC(=O)O[C@@H]1[C@@H](O)[C@@H](O[C@H]2O[C@H](CO)[C@@H](O)[C@H](O)[C@H]2O)O[C@H](CO)[C@H]1OC(=O)CCCCCCCCCCCCC. The summed E-state index contributed by atoms with van der Waals surface area (Å²) in [4.78, 5) is 26.1. The Hall–Kier alpha value is -1.42. The average Bonchev–Trinajstić information content (AvgIpc) is 3.15. The third kappa shape index (κ3) is 18.4. The second kappa shape index (κ2) is 28.9. The van der Waals surface area contributed by atoms with Gasteiger partial charge in [-0.05, 0) is 12.8 Å². The first-order valence-corrected chi connectivity index (χ1v) is 21.0. The summed E-state index contributed by atoms with van der Waals surface area (Å²) in [5, 5.41) is 62.0. The smallest absolute Gasteiger partial charge is 0.306 e. The van der Waals surface area contributed by atoms with Gasteiger partial charge in [-0.15, -0.1) is 0 Å². The highest BCUT2D eigenvalue weighted by Gasteiger charge is 2.53. The zero-order valence-corrected chi connectivity index (χ0v) is 32.7. The topological polar surface area (TPSA) is 202 Å². The van der Waals surface area contributed by atoms with Gasteiger partial charge in [0.25, 0.3) is 0 Å². The van der Waals surface area contributed by atoms with E-state index in [4.69, 9.17) is 23.7 Å². The van der Waals surface area contributed by atoms with Crippen molar-refractivity contribution in [3.63, 3.8) is 0 Å². The van der Waals surface area contributed by atoms with Gasteiger partial charge in [-0.1, -0.05) is 142 Å². The fourth-order valence-corrected chi connectivity index (χ4v) is 7.03. The number of rotatable bonds is 30. The van der Waals surface area contributed by atoms with Crippen LogP contribution in [0.25, 0.3) is 0 Å². The summed E-state index contributed by atoms with van der Waals surface area (Å²) in [6, 6.07) is 0. The van der Waals surface area contributed by atoms with Crippen LogP contribution >= 0.6 is 0 Å². The van der Waals surface area contributed by atoms with Crippen LogP contribution in [0.5, 0.6) is 0 Å². The van der Waals surface area contributed by atoms with Crippen molar-refractivity contribution in [1.29, 1.82) is 0 Å². The maximum Gasteiger partial charge on any atom is 0.306 e. The molecule has 6 N–H and O–H groups in total. The lowest BCUT2D eigenvalue weighted by Gasteiger charge is -2.46. The van der Waals surface area contributed by atoms with E-state index in [9.17, 15) is 40.2 Å². The second-order valence-corrected chi connectivity index (χ2v) is 15.0. The van der Waals surface area contributed by atoms with Crippen LogP contribution in [0.1, 0.15) is 168 Å². The van der Waals surface area contributed by atoms with Gasteiger partial charge in [0.05, 0.1) is 13.2 Å². The lowest BCUT2D eigenvalue weighted by Crippen LogP contribution is -2.65. The van der Waals surface area contributed by atoms with E-state index in [1.165, 1.54) is 83.5 Å². The summed E-state index contributed by atoms with van der Waals surface area (Å²) in [5.41, 5.74) is 0. The summed E-state index contributed by atoms with van der Waals surface area (Å²) < 4.78 is 28.2. The number of ether oxygens (including phenoxy) is 5. The number of aliphatic hydroxyl groups excluding tert-OH is 6. The highest BCUT2D eigenvalue weighted by molar-refractivity contribution is 5.70. The normalized spacial score (nSPS) is 28.9. The maximum atomic E-state index is 13.1. The molecule has 0 aromatic rings. The van der Waals surface area contributed by atoms with Gasteiger partial charge in [-0.3, -0.25) is 9.59 Å². The van der Waals surface area contributed by atoms with E-state index >= 15 is 0 Å². The molecule has 13 nitrogen and oxygen atoms in total. The van der Waals surface area contributed by atoms with Gasteiger partial charge in [-0.2, -0.15) is 0 Å². The Morgan fingerprint density at radius 1 is 0.453 bits per heavy atom. The second-order valence-electron chi connectivity index (χ2n) is 15.0. The molecule has 0 aromatic carbocycles. The predicted molar refractivity (Wildman–Crippen MR) is 199 cm³/mol. The molecule has 0 unspecified atom stereocenters. The first kappa shape index (κ1) is 47.7. The minimum Gasteiger partial charge on any atom is -0.455 e. The molecule has 13 heteroatoms. The van der Waals surface area contributed by atoms with Gasteiger partial charge < -0.3 is 54.3 Å². The summed E-state index contributed by atoms with van der Waals surface area (Å²) >= 11 is 0. The van der Waals surface area contributed by atoms with E-state index in [1.54, 1.807) is 0 Å². The van der Waals surface area contributed by atoms with E-state index in [0.29, 0.717) is 12.8 Å². The molecule has 53 heavy (non-hydrogen) atoms. The Morgan fingerprint density at radius 3 is 1.23 bits per heavy atom. The van der Waals surface area contributed by atoms with Gasteiger partial charge in [0.2, 0.25) is 0 Å². The van der Waals surface area contributed by atoms with E-state index in [1.807, 2.05) is 0 Å². The number of hydrogen-bond acceptors (Lipinski definition) is 13. The van der Waals surface area contributed by atoms with Crippen LogP contribution in [0.15, 0.2) is 0 Å². The van der Waals surface area contributed by atoms with Crippen molar-refractivity contribution in [2.45, 2.75) is 229 Å². The molecule has 2 aliphatic rings.